The van der Waals surface area contributed by atoms with Crippen molar-refractivity contribution in [1.82, 2.24) is 0 Å². The van der Waals surface area contributed by atoms with Gasteiger partial charge < -0.3 is 9.84 Å². The lowest BCUT2D eigenvalue weighted by Gasteiger charge is -2.39. The minimum absolute atomic E-state index is 0.0638. The predicted molar refractivity (Wildman–Crippen MR) is 82.9 cm³/mol. The van der Waals surface area contributed by atoms with E-state index in [1.54, 1.807) is 6.92 Å². The Balaban J connectivity index is 2.07. The lowest BCUT2D eigenvalue weighted by Crippen LogP contribution is -2.48. The molecule has 22 heavy (non-hydrogen) atoms. The zero-order chi connectivity index (χ0) is 16.3. The van der Waals surface area contributed by atoms with Crippen molar-refractivity contribution in [1.29, 1.82) is 0 Å². The molecule has 0 bridgehead atoms. The highest BCUT2D eigenvalue weighted by atomic mass is 16.5. The Labute approximate surface area is 131 Å². The number of benzene rings is 1. The summed E-state index contributed by atoms with van der Waals surface area (Å²) in [5.74, 6) is -1.54. The van der Waals surface area contributed by atoms with Gasteiger partial charge in [-0.25, -0.2) is 0 Å². The van der Waals surface area contributed by atoms with E-state index in [0.29, 0.717) is 0 Å². The zero-order valence-electron chi connectivity index (χ0n) is 13.4. The van der Waals surface area contributed by atoms with Crippen LogP contribution in [-0.4, -0.2) is 23.0 Å². The molecule has 0 heterocycles. The maximum Gasteiger partial charge on any atom is 0.310 e. The van der Waals surface area contributed by atoms with E-state index in [0.717, 1.165) is 5.56 Å². The number of hydrogen-bond acceptors (Lipinski definition) is 4. The zero-order valence-corrected chi connectivity index (χ0v) is 13.4. The van der Waals surface area contributed by atoms with Crippen LogP contribution in [0.4, 0.5) is 0 Å². The number of aliphatic hydroxyl groups is 1. The second-order valence-corrected chi connectivity index (χ2v) is 6.47. The van der Waals surface area contributed by atoms with Crippen molar-refractivity contribution in [2.45, 2.75) is 39.9 Å². The summed E-state index contributed by atoms with van der Waals surface area (Å²) in [5.41, 5.74) is 0.910. The van der Waals surface area contributed by atoms with E-state index >= 15 is 0 Å². The Morgan fingerprint density at radius 2 is 1.95 bits per heavy atom. The first-order valence-electron chi connectivity index (χ1n) is 7.83. The van der Waals surface area contributed by atoms with E-state index in [1.807, 2.05) is 44.2 Å². The molecule has 1 aromatic carbocycles. The SMILES string of the molecule is CC(C)[C@H]1[C@@H](O)[C@@H](C)C(=O)C[C@@H]1C(=O)OCc1ccccc1. The van der Waals surface area contributed by atoms with Crippen molar-refractivity contribution in [3.8, 4) is 0 Å². The smallest absolute Gasteiger partial charge is 0.310 e. The summed E-state index contributed by atoms with van der Waals surface area (Å²) >= 11 is 0. The molecule has 1 fully saturated rings. The maximum atomic E-state index is 12.4. The van der Waals surface area contributed by atoms with E-state index < -0.39 is 17.9 Å². The quantitative estimate of drug-likeness (QED) is 0.868. The second kappa shape index (κ2) is 7.05. The number of esters is 1. The highest BCUT2D eigenvalue weighted by Crippen LogP contribution is 2.37. The molecule has 0 unspecified atom stereocenters. The summed E-state index contributed by atoms with van der Waals surface area (Å²) in [6, 6.07) is 9.44. The van der Waals surface area contributed by atoms with Crippen molar-refractivity contribution in [3.05, 3.63) is 35.9 Å². The molecule has 0 aromatic heterocycles. The third-order valence-corrected chi connectivity index (χ3v) is 4.60. The average molecular weight is 304 g/mol. The maximum absolute atomic E-state index is 12.4. The first-order valence-corrected chi connectivity index (χ1v) is 7.83. The fourth-order valence-corrected chi connectivity index (χ4v) is 3.24. The van der Waals surface area contributed by atoms with Gasteiger partial charge in [0.25, 0.3) is 0 Å². The van der Waals surface area contributed by atoms with Crippen LogP contribution in [0.15, 0.2) is 30.3 Å². The first-order chi connectivity index (χ1) is 10.4. The Morgan fingerprint density at radius 3 is 2.55 bits per heavy atom. The van der Waals surface area contributed by atoms with E-state index in [9.17, 15) is 14.7 Å². The third kappa shape index (κ3) is 3.55. The molecular formula is C18H24O4. The molecule has 0 aliphatic heterocycles. The Bertz CT molecular complexity index is 523. The first kappa shape index (κ1) is 16.7. The molecule has 4 atom stereocenters. The average Bonchev–Trinajstić information content (AvgIpc) is 2.50. The molecule has 120 valence electrons. The molecule has 4 nitrogen and oxygen atoms in total. The highest BCUT2D eigenvalue weighted by molar-refractivity contribution is 5.88. The molecule has 1 aromatic rings. The van der Waals surface area contributed by atoms with Crippen LogP contribution in [0, 0.1) is 23.7 Å². The van der Waals surface area contributed by atoms with Crippen LogP contribution in [0.25, 0.3) is 0 Å². The molecule has 1 aliphatic rings. The Morgan fingerprint density at radius 1 is 1.32 bits per heavy atom. The van der Waals surface area contributed by atoms with Gasteiger partial charge in [0.05, 0.1) is 12.0 Å². The van der Waals surface area contributed by atoms with E-state index in [2.05, 4.69) is 0 Å². The fourth-order valence-electron chi connectivity index (χ4n) is 3.24. The second-order valence-electron chi connectivity index (χ2n) is 6.47. The summed E-state index contributed by atoms with van der Waals surface area (Å²) in [6.45, 7) is 5.86. The number of ether oxygens (including phenoxy) is 1. The van der Waals surface area contributed by atoms with Crippen LogP contribution in [0.3, 0.4) is 0 Å². The number of carbonyl (C=O) groups excluding carboxylic acids is 2. The molecule has 0 amide bonds. The molecule has 2 rings (SSSR count). The summed E-state index contributed by atoms with van der Waals surface area (Å²) < 4.78 is 5.38. The monoisotopic (exact) mass is 304 g/mol. The van der Waals surface area contributed by atoms with E-state index in [4.69, 9.17) is 4.74 Å². The van der Waals surface area contributed by atoms with Crippen LogP contribution in [0.1, 0.15) is 32.8 Å². The van der Waals surface area contributed by atoms with Gasteiger partial charge in [-0.15, -0.1) is 0 Å². The van der Waals surface area contributed by atoms with Gasteiger partial charge in [-0.3, -0.25) is 9.59 Å². The van der Waals surface area contributed by atoms with Gasteiger partial charge in [0, 0.05) is 18.3 Å². The third-order valence-electron chi connectivity index (χ3n) is 4.60. The molecule has 0 saturated heterocycles. The molecular weight excluding hydrogens is 280 g/mol. The van der Waals surface area contributed by atoms with Gasteiger partial charge in [0.2, 0.25) is 0 Å². The van der Waals surface area contributed by atoms with Crippen LogP contribution in [0.2, 0.25) is 0 Å². The fraction of sp³-hybridized carbons (Fsp3) is 0.556. The van der Waals surface area contributed by atoms with Crippen LogP contribution in [0.5, 0.6) is 0 Å². The van der Waals surface area contributed by atoms with Gasteiger partial charge >= 0.3 is 5.97 Å². The molecule has 4 heteroatoms. The van der Waals surface area contributed by atoms with Crippen LogP contribution >= 0.6 is 0 Å². The van der Waals surface area contributed by atoms with Crippen molar-refractivity contribution in [2.75, 3.05) is 0 Å². The number of aliphatic hydroxyl groups excluding tert-OH is 1. The molecule has 0 spiro atoms. The Hall–Kier alpha value is -1.68. The van der Waals surface area contributed by atoms with Crippen molar-refractivity contribution in [2.24, 2.45) is 23.7 Å². The minimum atomic E-state index is -0.782. The molecule has 1 aliphatic carbocycles. The topological polar surface area (TPSA) is 63.6 Å². The lowest BCUT2D eigenvalue weighted by atomic mass is 9.67. The van der Waals surface area contributed by atoms with Gasteiger partial charge in [-0.05, 0) is 11.5 Å². The number of Topliss-reactive ketones (excluding diaryl/α,β-unsaturated/α-hetero) is 1. The number of hydrogen-bond donors (Lipinski definition) is 1. The van der Waals surface area contributed by atoms with Crippen LogP contribution < -0.4 is 0 Å². The Kier molecular flexibility index (Phi) is 5.35. The van der Waals surface area contributed by atoms with Crippen LogP contribution in [-0.2, 0) is 20.9 Å². The summed E-state index contributed by atoms with van der Waals surface area (Å²) in [6.07, 6.45) is -0.621. The summed E-state index contributed by atoms with van der Waals surface area (Å²) in [7, 11) is 0. The van der Waals surface area contributed by atoms with E-state index in [-0.39, 0.29) is 36.6 Å². The van der Waals surface area contributed by atoms with Crippen molar-refractivity contribution < 1.29 is 19.4 Å². The van der Waals surface area contributed by atoms with Gasteiger partial charge in [-0.2, -0.15) is 0 Å². The lowest BCUT2D eigenvalue weighted by molar-refractivity contribution is -0.163. The van der Waals surface area contributed by atoms with Gasteiger partial charge in [-0.1, -0.05) is 51.1 Å². The van der Waals surface area contributed by atoms with Crippen molar-refractivity contribution in [3.63, 3.8) is 0 Å². The van der Waals surface area contributed by atoms with Gasteiger partial charge in [0.1, 0.15) is 12.4 Å². The number of rotatable bonds is 4. The standard InChI is InChI=1S/C18H24O4/c1-11(2)16-14(9-15(19)12(3)17(16)20)18(21)22-10-13-7-5-4-6-8-13/h4-8,11-12,14,16-17,20H,9-10H2,1-3H3/t12-,14-,16+,17-/m0/s1. The highest BCUT2D eigenvalue weighted by Gasteiger charge is 2.46. The summed E-state index contributed by atoms with van der Waals surface area (Å²) in [4.78, 5) is 24.4. The van der Waals surface area contributed by atoms with Gasteiger partial charge in [0.15, 0.2) is 0 Å². The minimum Gasteiger partial charge on any atom is -0.461 e. The molecule has 1 saturated carbocycles. The normalized spacial score (nSPS) is 28.7. The van der Waals surface area contributed by atoms with E-state index in [1.165, 1.54) is 0 Å². The largest absolute Gasteiger partial charge is 0.461 e. The summed E-state index contributed by atoms with van der Waals surface area (Å²) in [5, 5.41) is 10.4. The molecule has 1 N–H and O–H groups in total. The van der Waals surface area contributed by atoms with Crippen molar-refractivity contribution >= 4 is 11.8 Å². The predicted octanol–water partition coefficient (Wildman–Crippen LogP) is 2.59. The number of ketones is 1. The number of carbonyl (C=O) groups is 2. The molecule has 0 radical (unpaired) electrons.